The van der Waals surface area contributed by atoms with E-state index < -0.39 is 54.9 Å². The molecular formula is C15H28F6NO4PS2. The first-order valence-electron chi connectivity index (χ1n) is 9.18. The molecule has 0 spiro atoms. The Balaban J connectivity index is 5.71. The maximum atomic E-state index is 13.0. The number of alkyl halides is 6. The molecule has 0 rings (SSSR count). The molecule has 5 nitrogen and oxygen atoms in total. The zero-order valence-electron chi connectivity index (χ0n) is 16.3. The van der Waals surface area contributed by atoms with Crippen LogP contribution in [0.3, 0.4) is 0 Å². The van der Waals surface area contributed by atoms with E-state index in [9.17, 15) is 43.2 Å². The monoisotopic (exact) mass is 495 g/mol. The summed E-state index contributed by atoms with van der Waals surface area (Å²) in [5.74, 6) is -1.22. The second-order valence-corrected chi connectivity index (χ2v) is 15.9. The third-order valence-electron chi connectivity index (χ3n) is 4.74. The summed E-state index contributed by atoms with van der Waals surface area (Å²) < 4.78 is 122. The minimum absolute atomic E-state index is 0.0870. The summed E-state index contributed by atoms with van der Waals surface area (Å²) in [6.07, 6.45) is 1.20. The molecule has 14 heteroatoms. The molecule has 0 bridgehead atoms. The van der Waals surface area contributed by atoms with Gasteiger partial charge >= 0.3 is 168 Å². The van der Waals surface area contributed by atoms with E-state index in [0.717, 1.165) is 0 Å². The third kappa shape index (κ3) is 7.65. The van der Waals surface area contributed by atoms with Crippen LogP contribution >= 0.6 is 7.26 Å². The molecule has 0 radical (unpaired) electrons. The summed E-state index contributed by atoms with van der Waals surface area (Å²) in [6, 6.07) is 0. The van der Waals surface area contributed by atoms with Crippen LogP contribution < -0.4 is 0 Å². The van der Waals surface area contributed by atoms with Crippen molar-refractivity contribution in [2.45, 2.75) is 63.4 Å². The number of unbranched alkanes of at least 4 members (excludes halogenated alkanes) is 3. The average Bonchev–Trinajstić information content (AvgIpc) is 2.58. The van der Waals surface area contributed by atoms with Gasteiger partial charge in [-0.1, -0.05) is 0 Å². The summed E-state index contributed by atoms with van der Waals surface area (Å²) in [5.41, 5.74) is -11.0. The van der Waals surface area contributed by atoms with Gasteiger partial charge in [0, 0.05) is 0 Å². The van der Waals surface area contributed by atoms with E-state index in [1.165, 1.54) is 0 Å². The summed E-state index contributed by atoms with van der Waals surface area (Å²) in [5, 5.41) is 7.92. The molecule has 1 N–H and O–H groups in total. The fourth-order valence-corrected chi connectivity index (χ4v) is 12.0. The van der Waals surface area contributed by atoms with E-state index >= 15 is 0 Å². The average molecular weight is 495 g/mol. The summed E-state index contributed by atoms with van der Waals surface area (Å²) in [7, 11) is -14.7. The van der Waals surface area contributed by atoms with Crippen LogP contribution in [0.1, 0.15) is 52.4 Å². The van der Waals surface area contributed by atoms with Crippen molar-refractivity contribution in [3.05, 3.63) is 0 Å². The van der Waals surface area contributed by atoms with Crippen molar-refractivity contribution in [3.8, 4) is 0 Å². The molecule has 29 heavy (non-hydrogen) atoms. The Morgan fingerprint density at radius 2 is 1.17 bits per heavy atom. The van der Waals surface area contributed by atoms with Crippen LogP contribution in [0.2, 0.25) is 0 Å². The number of rotatable bonds is 12. The number of halogens is 6. The Kier molecular flexibility index (Phi) is 10.6. The van der Waals surface area contributed by atoms with E-state index in [4.69, 9.17) is 5.41 Å². The molecule has 0 heterocycles. The van der Waals surface area contributed by atoms with Gasteiger partial charge in [0.2, 0.25) is 0 Å². The fraction of sp³-hybridized carbons (Fsp3) is 0.933. The van der Waals surface area contributed by atoms with Crippen LogP contribution in [0.15, 0.2) is 0 Å². The van der Waals surface area contributed by atoms with E-state index in [2.05, 4.69) is 0 Å². The van der Waals surface area contributed by atoms with E-state index in [-0.39, 0.29) is 24.9 Å². The quantitative estimate of drug-likeness (QED) is 0.137. The van der Waals surface area contributed by atoms with E-state index in [1.54, 1.807) is 13.8 Å². The van der Waals surface area contributed by atoms with Crippen LogP contribution in [-0.2, 0) is 19.7 Å². The Hall–Kier alpha value is -0.420. The molecule has 0 unspecified atom stereocenters. The Bertz CT molecular complexity index is 740. The maximum absolute atomic E-state index is 13.0. The van der Waals surface area contributed by atoms with Gasteiger partial charge in [0.05, 0.1) is 0 Å². The zero-order valence-corrected chi connectivity index (χ0v) is 18.9. The molecule has 0 aromatic heterocycles. The van der Waals surface area contributed by atoms with Gasteiger partial charge in [0.15, 0.2) is 0 Å². The fourth-order valence-electron chi connectivity index (χ4n) is 3.02. The van der Waals surface area contributed by atoms with E-state index in [0.29, 0.717) is 25.7 Å². The Morgan fingerprint density at radius 1 is 0.759 bits per heavy atom. The third-order valence-corrected chi connectivity index (χ3v) is 14.4. The Labute approximate surface area is 168 Å². The van der Waals surface area contributed by atoms with Crippen LogP contribution in [-0.4, -0.2) is 56.9 Å². The van der Waals surface area contributed by atoms with Gasteiger partial charge in [0.25, 0.3) is 0 Å². The minimum atomic E-state index is -5.84. The first kappa shape index (κ1) is 28.6. The van der Waals surface area contributed by atoms with Crippen LogP contribution in [0.5, 0.6) is 0 Å². The van der Waals surface area contributed by atoms with Crippen molar-refractivity contribution in [2.75, 3.05) is 24.2 Å². The van der Waals surface area contributed by atoms with Crippen molar-refractivity contribution in [1.82, 2.24) is 0 Å². The number of hydrogen-bond donors (Lipinski definition) is 1. The summed E-state index contributed by atoms with van der Waals surface area (Å²) in [6.45, 7) is 3.49. The van der Waals surface area contributed by atoms with E-state index in [1.807, 2.05) is 0 Å². The van der Waals surface area contributed by atoms with Crippen LogP contribution in [0, 0.1) is 5.41 Å². The van der Waals surface area contributed by atoms with Crippen molar-refractivity contribution < 1.29 is 43.2 Å². The molecule has 0 aliphatic rings. The van der Waals surface area contributed by atoms with Gasteiger partial charge in [0.1, 0.15) is 0 Å². The zero-order chi connectivity index (χ0) is 23.1. The second-order valence-electron chi connectivity index (χ2n) is 6.99. The molecule has 0 aliphatic heterocycles. The molecule has 0 aliphatic carbocycles. The van der Waals surface area contributed by atoms with Gasteiger partial charge < -0.3 is 0 Å². The first-order valence-corrected chi connectivity index (χ1v) is 14.9. The molecule has 0 saturated heterocycles. The van der Waals surface area contributed by atoms with Gasteiger partial charge in [-0.2, -0.15) is 0 Å². The number of sulfone groups is 2. The predicted molar refractivity (Wildman–Crippen MR) is 105 cm³/mol. The number of nitrogens with one attached hydrogen (secondary N) is 1. The van der Waals surface area contributed by atoms with Gasteiger partial charge in [-0.05, 0) is 0 Å². The molecule has 0 aromatic rings. The van der Waals surface area contributed by atoms with Crippen LogP contribution in [0.25, 0.3) is 0 Å². The molecule has 0 atom stereocenters. The second kappa shape index (κ2) is 10.7. The van der Waals surface area contributed by atoms with Gasteiger partial charge in [-0.15, -0.1) is 0 Å². The standard InChI is InChI=1S/C15H28F6NO4PS2/c1-3-5-9-27(10-6-4-2,13(22)29(25,26)15(19,20)21)11-7-8-12-28(23,24)14(16,17)18/h22,27H,3-12H2,1-2H3. The molecule has 0 fully saturated rings. The summed E-state index contributed by atoms with van der Waals surface area (Å²) >= 11 is 0. The molecule has 0 amide bonds. The van der Waals surface area contributed by atoms with Crippen molar-refractivity contribution >= 4 is 31.7 Å². The van der Waals surface area contributed by atoms with Crippen molar-refractivity contribution in [1.29, 1.82) is 5.41 Å². The van der Waals surface area contributed by atoms with Crippen molar-refractivity contribution in [2.24, 2.45) is 0 Å². The Morgan fingerprint density at radius 3 is 1.52 bits per heavy atom. The molecule has 176 valence electrons. The van der Waals surface area contributed by atoms with Crippen LogP contribution in [0.4, 0.5) is 26.3 Å². The first-order chi connectivity index (χ1) is 13.0. The molecule has 0 aromatic carbocycles. The topological polar surface area (TPSA) is 92.1 Å². The van der Waals surface area contributed by atoms with Crippen molar-refractivity contribution in [3.63, 3.8) is 0 Å². The summed E-state index contributed by atoms with van der Waals surface area (Å²) in [4.78, 5) is -1.35. The predicted octanol–water partition coefficient (Wildman–Crippen LogP) is 4.92. The SMILES string of the molecule is CCCC[PH](CCCC)(CCCCS(=O)(=O)C(F)(F)F)C(=N)S(=O)(=O)C(F)(F)F. The molecular weight excluding hydrogens is 467 g/mol. The van der Waals surface area contributed by atoms with Gasteiger partial charge in [-0.25, -0.2) is 0 Å². The van der Waals surface area contributed by atoms with Gasteiger partial charge in [-0.3, -0.25) is 0 Å². The molecule has 0 saturated carbocycles. The number of hydrogen-bond acceptors (Lipinski definition) is 5. The normalized spacial score (nSPS) is 14.8.